The Morgan fingerprint density at radius 1 is 1.40 bits per heavy atom. The van der Waals surface area contributed by atoms with Crippen molar-refractivity contribution >= 4 is 11.7 Å². The SMILES string of the molecule is Nc1n[nH]nc1C(=O)NC1CCNCC1. The molecule has 1 aliphatic heterocycles. The zero-order valence-electron chi connectivity index (χ0n) is 8.29. The molecular formula is C8H14N6O. The first kappa shape index (κ1) is 9.91. The van der Waals surface area contributed by atoms with Crippen molar-refractivity contribution < 1.29 is 4.79 Å². The fraction of sp³-hybridized carbons (Fsp3) is 0.625. The maximum absolute atomic E-state index is 11.7. The molecule has 0 aromatic carbocycles. The lowest BCUT2D eigenvalue weighted by atomic mass is 10.1. The minimum atomic E-state index is -0.256. The summed E-state index contributed by atoms with van der Waals surface area (Å²) in [4.78, 5) is 11.7. The molecule has 1 aliphatic rings. The average molecular weight is 210 g/mol. The number of carbonyl (C=O) groups excluding carboxylic acids is 1. The number of nitrogens with zero attached hydrogens (tertiary/aromatic N) is 2. The number of nitrogens with one attached hydrogen (secondary N) is 3. The largest absolute Gasteiger partial charge is 0.380 e. The van der Waals surface area contributed by atoms with Gasteiger partial charge in [-0.05, 0) is 25.9 Å². The fourth-order valence-electron chi connectivity index (χ4n) is 1.63. The molecule has 2 rings (SSSR count). The summed E-state index contributed by atoms with van der Waals surface area (Å²) in [6.07, 6.45) is 1.87. The predicted molar refractivity (Wildman–Crippen MR) is 54.2 cm³/mol. The number of anilines is 1. The van der Waals surface area contributed by atoms with E-state index in [2.05, 4.69) is 26.0 Å². The van der Waals surface area contributed by atoms with Crippen molar-refractivity contribution in [3.8, 4) is 0 Å². The van der Waals surface area contributed by atoms with E-state index < -0.39 is 0 Å². The standard InChI is InChI=1S/C8H14N6O/c9-7-6(12-14-13-7)8(15)11-5-1-3-10-4-2-5/h5,10H,1-4H2,(H,11,15)(H3,9,12,13,14). The maximum Gasteiger partial charge on any atom is 0.275 e. The molecule has 0 aliphatic carbocycles. The van der Waals surface area contributed by atoms with E-state index in [1.807, 2.05) is 0 Å². The van der Waals surface area contributed by atoms with Crippen LogP contribution in [0.5, 0.6) is 0 Å². The molecule has 2 heterocycles. The third kappa shape index (κ3) is 2.24. The van der Waals surface area contributed by atoms with Gasteiger partial charge in [-0.25, -0.2) is 0 Å². The van der Waals surface area contributed by atoms with Crippen molar-refractivity contribution in [2.75, 3.05) is 18.8 Å². The van der Waals surface area contributed by atoms with Gasteiger partial charge in [-0.2, -0.15) is 5.21 Å². The molecular weight excluding hydrogens is 196 g/mol. The van der Waals surface area contributed by atoms with E-state index in [0.29, 0.717) is 0 Å². The summed E-state index contributed by atoms with van der Waals surface area (Å²) in [7, 11) is 0. The van der Waals surface area contributed by atoms with Crippen molar-refractivity contribution in [3.63, 3.8) is 0 Å². The van der Waals surface area contributed by atoms with Crippen LogP contribution in [-0.4, -0.2) is 40.4 Å². The van der Waals surface area contributed by atoms with Gasteiger partial charge in [0.15, 0.2) is 11.5 Å². The van der Waals surface area contributed by atoms with E-state index in [-0.39, 0.29) is 23.5 Å². The number of aromatic nitrogens is 3. The number of hydrogen-bond donors (Lipinski definition) is 4. The third-order valence-corrected chi connectivity index (χ3v) is 2.46. The normalized spacial score (nSPS) is 17.6. The van der Waals surface area contributed by atoms with Crippen LogP contribution in [0, 0.1) is 0 Å². The van der Waals surface area contributed by atoms with E-state index in [1.54, 1.807) is 0 Å². The number of amides is 1. The first-order valence-electron chi connectivity index (χ1n) is 4.95. The Morgan fingerprint density at radius 2 is 2.13 bits per heavy atom. The molecule has 0 bridgehead atoms. The molecule has 1 aromatic heterocycles. The highest BCUT2D eigenvalue weighted by molar-refractivity contribution is 5.96. The van der Waals surface area contributed by atoms with Gasteiger partial charge in [0, 0.05) is 6.04 Å². The van der Waals surface area contributed by atoms with Gasteiger partial charge in [0.1, 0.15) is 0 Å². The molecule has 5 N–H and O–H groups in total. The molecule has 82 valence electrons. The first-order chi connectivity index (χ1) is 7.27. The molecule has 1 amide bonds. The van der Waals surface area contributed by atoms with Gasteiger partial charge in [-0.3, -0.25) is 4.79 Å². The van der Waals surface area contributed by atoms with Crippen LogP contribution in [0.4, 0.5) is 5.82 Å². The Hall–Kier alpha value is -1.63. The Kier molecular flexibility index (Phi) is 2.82. The lowest BCUT2D eigenvalue weighted by Gasteiger charge is -2.23. The van der Waals surface area contributed by atoms with E-state index in [4.69, 9.17) is 5.73 Å². The molecule has 7 nitrogen and oxygen atoms in total. The quantitative estimate of drug-likeness (QED) is 0.494. The molecule has 1 saturated heterocycles. The first-order valence-corrected chi connectivity index (χ1v) is 4.95. The number of carbonyl (C=O) groups is 1. The van der Waals surface area contributed by atoms with Crippen LogP contribution in [0.3, 0.4) is 0 Å². The van der Waals surface area contributed by atoms with Gasteiger partial charge in [0.2, 0.25) is 0 Å². The second kappa shape index (κ2) is 4.26. The number of rotatable bonds is 2. The highest BCUT2D eigenvalue weighted by Gasteiger charge is 2.19. The second-order valence-corrected chi connectivity index (χ2v) is 3.56. The van der Waals surface area contributed by atoms with Gasteiger partial charge in [-0.1, -0.05) is 0 Å². The molecule has 0 saturated carbocycles. The molecule has 1 fully saturated rings. The Labute approximate surface area is 86.8 Å². The van der Waals surface area contributed by atoms with Crippen LogP contribution in [0.15, 0.2) is 0 Å². The van der Waals surface area contributed by atoms with Gasteiger partial charge >= 0.3 is 0 Å². The third-order valence-electron chi connectivity index (χ3n) is 2.46. The van der Waals surface area contributed by atoms with Crippen LogP contribution < -0.4 is 16.4 Å². The van der Waals surface area contributed by atoms with Crippen molar-refractivity contribution in [2.24, 2.45) is 0 Å². The van der Waals surface area contributed by atoms with E-state index >= 15 is 0 Å². The number of aromatic amines is 1. The minimum Gasteiger partial charge on any atom is -0.380 e. The van der Waals surface area contributed by atoms with Crippen LogP contribution in [0.2, 0.25) is 0 Å². The molecule has 15 heavy (non-hydrogen) atoms. The number of nitrogens with two attached hydrogens (primary N) is 1. The minimum absolute atomic E-state index is 0.140. The van der Waals surface area contributed by atoms with Crippen LogP contribution >= 0.6 is 0 Å². The topological polar surface area (TPSA) is 109 Å². The van der Waals surface area contributed by atoms with Crippen molar-refractivity contribution in [3.05, 3.63) is 5.69 Å². The predicted octanol–water partition coefficient (Wildman–Crippen LogP) is -1.13. The van der Waals surface area contributed by atoms with Gasteiger partial charge in [0.05, 0.1) is 0 Å². The Morgan fingerprint density at radius 3 is 2.73 bits per heavy atom. The van der Waals surface area contributed by atoms with Gasteiger partial charge in [-0.15, -0.1) is 10.2 Å². The van der Waals surface area contributed by atoms with Crippen LogP contribution in [-0.2, 0) is 0 Å². The molecule has 0 spiro atoms. The van der Waals surface area contributed by atoms with Crippen molar-refractivity contribution in [2.45, 2.75) is 18.9 Å². The van der Waals surface area contributed by atoms with Crippen LogP contribution in [0.25, 0.3) is 0 Å². The van der Waals surface area contributed by atoms with Gasteiger partial charge < -0.3 is 16.4 Å². The molecule has 0 atom stereocenters. The average Bonchev–Trinajstić information content (AvgIpc) is 2.66. The number of piperidine rings is 1. The van der Waals surface area contributed by atoms with Gasteiger partial charge in [0.25, 0.3) is 5.91 Å². The van der Waals surface area contributed by atoms with E-state index in [1.165, 1.54) is 0 Å². The Balaban J connectivity index is 1.94. The number of H-pyrrole nitrogens is 1. The maximum atomic E-state index is 11.7. The zero-order chi connectivity index (χ0) is 10.7. The Bertz CT molecular complexity index is 343. The van der Waals surface area contributed by atoms with Crippen LogP contribution in [0.1, 0.15) is 23.3 Å². The summed E-state index contributed by atoms with van der Waals surface area (Å²) in [5.74, 6) is -0.116. The van der Waals surface area contributed by atoms with E-state index in [9.17, 15) is 4.79 Å². The molecule has 0 radical (unpaired) electrons. The summed E-state index contributed by atoms with van der Waals surface area (Å²) < 4.78 is 0. The van der Waals surface area contributed by atoms with Crippen molar-refractivity contribution in [1.82, 2.24) is 26.0 Å². The summed E-state index contributed by atoms with van der Waals surface area (Å²) in [6.45, 7) is 1.86. The lowest BCUT2D eigenvalue weighted by Crippen LogP contribution is -2.43. The summed E-state index contributed by atoms with van der Waals surface area (Å²) in [6, 6.07) is 0.204. The highest BCUT2D eigenvalue weighted by atomic mass is 16.2. The fourth-order valence-corrected chi connectivity index (χ4v) is 1.63. The number of hydrogen-bond acceptors (Lipinski definition) is 5. The van der Waals surface area contributed by atoms with Crippen molar-refractivity contribution in [1.29, 1.82) is 0 Å². The smallest absolute Gasteiger partial charge is 0.275 e. The summed E-state index contributed by atoms with van der Waals surface area (Å²) >= 11 is 0. The zero-order valence-corrected chi connectivity index (χ0v) is 8.29. The summed E-state index contributed by atoms with van der Waals surface area (Å²) in [5, 5.41) is 15.7. The second-order valence-electron chi connectivity index (χ2n) is 3.56. The monoisotopic (exact) mass is 210 g/mol. The molecule has 0 unspecified atom stereocenters. The summed E-state index contributed by atoms with van der Waals surface area (Å²) in [5.41, 5.74) is 5.64. The molecule has 7 heteroatoms. The number of nitrogen functional groups attached to an aromatic ring is 1. The highest BCUT2D eigenvalue weighted by Crippen LogP contribution is 2.06. The molecule has 1 aromatic rings. The lowest BCUT2D eigenvalue weighted by molar-refractivity contribution is 0.0925. The van der Waals surface area contributed by atoms with E-state index in [0.717, 1.165) is 25.9 Å².